The minimum atomic E-state index is -2.01. The SMILES string of the molecule is C=C1/C(=C\C=C2/CCC[C@]3(C)[C@@H]([C@H](C)/C=C/[C@@H](O)C4CC4)CC[C@@H]23)C[C@@](C)(O[Si](C)(C)C(C)(C)C)C[C@@H]1O[Si](C)(C)C(C)(C)C. The summed E-state index contributed by atoms with van der Waals surface area (Å²) in [6, 6.07) is 0. The third kappa shape index (κ3) is 8.12. The highest BCUT2D eigenvalue weighted by Crippen LogP contribution is 2.60. The molecule has 256 valence electrons. The van der Waals surface area contributed by atoms with E-state index in [0.717, 1.165) is 12.8 Å². The molecule has 3 nitrogen and oxygen atoms in total. The van der Waals surface area contributed by atoms with Crippen LogP contribution in [0.3, 0.4) is 0 Å². The molecule has 0 aliphatic heterocycles. The molecule has 0 heterocycles. The molecule has 4 saturated carbocycles. The maximum absolute atomic E-state index is 10.5. The summed E-state index contributed by atoms with van der Waals surface area (Å²) in [5, 5.41) is 10.8. The molecule has 5 heteroatoms. The van der Waals surface area contributed by atoms with Crippen LogP contribution in [0.5, 0.6) is 0 Å². The Bertz CT molecular complexity index is 1180. The number of fused-ring (bicyclic) bond motifs is 1. The third-order valence-electron chi connectivity index (χ3n) is 13.4. The van der Waals surface area contributed by atoms with Gasteiger partial charge in [-0.05, 0) is 128 Å². The predicted octanol–water partition coefficient (Wildman–Crippen LogP) is 11.5. The van der Waals surface area contributed by atoms with Gasteiger partial charge >= 0.3 is 0 Å². The second-order valence-corrected chi connectivity index (χ2v) is 28.7. The molecule has 0 bridgehead atoms. The quantitative estimate of drug-likeness (QED) is 0.199. The number of hydrogen-bond donors (Lipinski definition) is 1. The lowest BCUT2D eigenvalue weighted by Crippen LogP contribution is -2.53. The van der Waals surface area contributed by atoms with Gasteiger partial charge in [0, 0.05) is 12.8 Å². The maximum atomic E-state index is 10.5. The Morgan fingerprint density at radius 1 is 0.911 bits per heavy atom. The maximum Gasteiger partial charge on any atom is 0.192 e. The molecular formula is C40H70O3Si2. The van der Waals surface area contributed by atoms with E-state index in [4.69, 9.17) is 15.4 Å². The van der Waals surface area contributed by atoms with Gasteiger partial charge in [0.1, 0.15) is 0 Å². The van der Waals surface area contributed by atoms with Crippen molar-refractivity contribution in [2.24, 2.45) is 29.1 Å². The Morgan fingerprint density at radius 3 is 2.11 bits per heavy atom. The number of aliphatic hydroxyl groups excluding tert-OH is 1. The molecule has 0 aromatic carbocycles. The molecule has 0 radical (unpaired) electrons. The average Bonchev–Trinajstić information content (AvgIpc) is 3.67. The summed E-state index contributed by atoms with van der Waals surface area (Å²) >= 11 is 0. The summed E-state index contributed by atoms with van der Waals surface area (Å²) in [6.45, 7) is 35.6. The summed E-state index contributed by atoms with van der Waals surface area (Å²) < 4.78 is 14.4. The average molecular weight is 655 g/mol. The number of aliphatic hydroxyl groups is 1. The summed E-state index contributed by atoms with van der Waals surface area (Å²) in [5.41, 5.74) is 4.19. The molecule has 0 amide bonds. The van der Waals surface area contributed by atoms with Gasteiger partial charge in [-0.15, -0.1) is 0 Å². The molecule has 0 saturated heterocycles. The van der Waals surface area contributed by atoms with E-state index in [1.54, 1.807) is 5.57 Å². The number of allylic oxidation sites excluding steroid dienone is 4. The molecule has 4 aliphatic rings. The van der Waals surface area contributed by atoms with E-state index in [-0.39, 0.29) is 27.9 Å². The van der Waals surface area contributed by atoms with E-state index >= 15 is 0 Å². The van der Waals surface area contributed by atoms with E-state index in [1.807, 2.05) is 0 Å². The van der Waals surface area contributed by atoms with Gasteiger partial charge in [-0.2, -0.15) is 0 Å². The lowest BCUT2D eigenvalue weighted by Gasteiger charge is -2.50. The van der Waals surface area contributed by atoms with Crippen molar-refractivity contribution < 1.29 is 14.0 Å². The number of rotatable bonds is 9. The van der Waals surface area contributed by atoms with Crippen LogP contribution in [0.15, 0.2) is 47.6 Å². The fourth-order valence-corrected chi connectivity index (χ4v) is 11.3. The topological polar surface area (TPSA) is 38.7 Å². The Balaban J connectivity index is 1.61. The van der Waals surface area contributed by atoms with Crippen LogP contribution in [-0.2, 0) is 8.85 Å². The van der Waals surface area contributed by atoms with Crippen LogP contribution >= 0.6 is 0 Å². The molecule has 4 aliphatic carbocycles. The fraction of sp³-hybridized carbons (Fsp3) is 0.800. The highest BCUT2D eigenvalue weighted by Gasteiger charge is 2.51. The first kappa shape index (κ1) is 37.1. The van der Waals surface area contributed by atoms with Gasteiger partial charge in [0.25, 0.3) is 0 Å². The zero-order chi connectivity index (χ0) is 33.8. The Labute approximate surface area is 280 Å². The van der Waals surface area contributed by atoms with E-state index in [2.05, 4.69) is 113 Å². The minimum Gasteiger partial charge on any atom is -0.411 e. The van der Waals surface area contributed by atoms with Crippen molar-refractivity contribution in [1.82, 2.24) is 0 Å². The molecule has 45 heavy (non-hydrogen) atoms. The van der Waals surface area contributed by atoms with Gasteiger partial charge < -0.3 is 14.0 Å². The molecule has 0 unspecified atom stereocenters. The normalized spacial score (nSPS) is 35.3. The Hall–Kier alpha value is -0.726. The summed E-state index contributed by atoms with van der Waals surface area (Å²) in [5.74, 6) is 2.33. The van der Waals surface area contributed by atoms with Crippen molar-refractivity contribution in [3.05, 3.63) is 47.6 Å². The van der Waals surface area contributed by atoms with Crippen LogP contribution in [0, 0.1) is 29.1 Å². The highest BCUT2D eigenvalue weighted by molar-refractivity contribution is 6.74. The van der Waals surface area contributed by atoms with Crippen molar-refractivity contribution >= 4 is 16.6 Å². The smallest absolute Gasteiger partial charge is 0.192 e. The Morgan fingerprint density at radius 2 is 1.53 bits per heavy atom. The van der Waals surface area contributed by atoms with Crippen molar-refractivity contribution in [2.75, 3.05) is 0 Å². The first-order valence-corrected chi connectivity index (χ1v) is 24.1. The monoisotopic (exact) mass is 654 g/mol. The summed E-state index contributed by atoms with van der Waals surface area (Å²) in [7, 11) is -4.01. The molecule has 0 spiro atoms. The highest BCUT2D eigenvalue weighted by atomic mass is 28.4. The lowest BCUT2D eigenvalue weighted by molar-refractivity contribution is 0.0172. The van der Waals surface area contributed by atoms with Gasteiger partial charge in [-0.1, -0.05) is 91.8 Å². The molecule has 0 aromatic heterocycles. The zero-order valence-corrected chi connectivity index (χ0v) is 33.6. The summed E-state index contributed by atoms with van der Waals surface area (Å²) in [4.78, 5) is 0. The standard InChI is InChI=1S/C40H70O3Si2/c1-28(17-24-35(41)31-19-20-31)33-22-23-34-30(16-15-25-40(33,34)10)18-21-32-26-39(9,43-45(13,14)38(6,7)8)27-36(29(32)2)42-44(11,12)37(3,4)5/h17-18,21,24,28,31,33-36,41H,2,15-16,19-20,22-23,25-27H2,1,3-14H3/b24-17+,30-18+,32-21-/t28-,33-,34+,35-,36+,39-,40-/m1/s1. The van der Waals surface area contributed by atoms with Gasteiger partial charge in [-0.3, -0.25) is 0 Å². The molecule has 1 N–H and O–H groups in total. The van der Waals surface area contributed by atoms with E-state index in [9.17, 15) is 5.11 Å². The molecule has 4 rings (SSSR count). The second-order valence-electron chi connectivity index (χ2n) is 19.2. The van der Waals surface area contributed by atoms with Crippen molar-refractivity contribution in [2.45, 2.75) is 174 Å². The van der Waals surface area contributed by atoms with Crippen molar-refractivity contribution in [3.63, 3.8) is 0 Å². The van der Waals surface area contributed by atoms with Crippen LogP contribution in [0.1, 0.15) is 120 Å². The zero-order valence-electron chi connectivity index (χ0n) is 31.6. The van der Waals surface area contributed by atoms with Crippen LogP contribution < -0.4 is 0 Å². The van der Waals surface area contributed by atoms with Gasteiger partial charge in [0.2, 0.25) is 0 Å². The van der Waals surface area contributed by atoms with Crippen molar-refractivity contribution in [3.8, 4) is 0 Å². The van der Waals surface area contributed by atoms with Crippen LogP contribution in [0.2, 0.25) is 36.3 Å². The van der Waals surface area contributed by atoms with E-state index in [1.165, 1.54) is 56.1 Å². The van der Waals surface area contributed by atoms with E-state index in [0.29, 0.717) is 29.1 Å². The van der Waals surface area contributed by atoms with Crippen LogP contribution in [0.25, 0.3) is 0 Å². The summed E-state index contributed by atoms with van der Waals surface area (Å²) in [6.07, 6.45) is 19.6. The van der Waals surface area contributed by atoms with Crippen molar-refractivity contribution in [1.29, 1.82) is 0 Å². The molecule has 0 aromatic rings. The third-order valence-corrected chi connectivity index (χ3v) is 22.5. The lowest BCUT2D eigenvalue weighted by atomic mass is 9.61. The predicted molar refractivity (Wildman–Crippen MR) is 199 cm³/mol. The first-order valence-electron chi connectivity index (χ1n) is 18.3. The van der Waals surface area contributed by atoms with Gasteiger partial charge in [0.05, 0.1) is 17.8 Å². The first-order chi connectivity index (χ1) is 20.5. The van der Waals surface area contributed by atoms with Crippen LogP contribution in [-0.4, -0.2) is 39.6 Å². The largest absolute Gasteiger partial charge is 0.411 e. The van der Waals surface area contributed by atoms with E-state index < -0.39 is 16.6 Å². The van der Waals surface area contributed by atoms with Gasteiger partial charge in [-0.25, -0.2) is 0 Å². The Kier molecular flexibility index (Phi) is 10.7. The number of hydrogen-bond acceptors (Lipinski definition) is 3. The fourth-order valence-electron chi connectivity index (χ4n) is 8.34. The second kappa shape index (κ2) is 13.0. The minimum absolute atomic E-state index is 0.00910. The van der Waals surface area contributed by atoms with Gasteiger partial charge in [0.15, 0.2) is 16.6 Å². The van der Waals surface area contributed by atoms with Crippen LogP contribution in [0.4, 0.5) is 0 Å². The molecule has 7 atom stereocenters. The molecule has 4 fully saturated rings. The molecular weight excluding hydrogens is 585 g/mol.